The largest absolute Gasteiger partial charge is 0.390 e. The van der Waals surface area contributed by atoms with E-state index < -0.39 is 29.7 Å². The summed E-state index contributed by atoms with van der Waals surface area (Å²) in [6.07, 6.45) is 0.435. The first-order chi connectivity index (χ1) is 18.7. The van der Waals surface area contributed by atoms with E-state index in [1.54, 1.807) is 29.3 Å². The van der Waals surface area contributed by atoms with E-state index in [-0.39, 0.29) is 24.9 Å². The number of fused-ring (bicyclic) bond motifs is 1. The van der Waals surface area contributed by atoms with Gasteiger partial charge in [0.15, 0.2) is 0 Å². The number of amides is 1. The van der Waals surface area contributed by atoms with Crippen LogP contribution in [-0.4, -0.2) is 42.2 Å². The third kappa shape index (κ3) is 7.40. The van der Waals surface area contributed by atoms with Crippen molar-refractivity contribution in [3.8, 4) is 0 Å². The number of halogens is 2. The van der Waals surface area contributed by atoms with Gasteiger partial charge in [0.2, 0.25) is 5.91 Å². The number of carbonyl (C=O) groups excluding carboxylic acids is 2. The molecule has 1 aliphatic rings. The lowest BCUT2D eigenvalue weighted by Crippen LogP contribution is -2.49. The number of aliphatic hydroxyl groups is 1. The Hall–Kier alpha value is -3.82. The number of benzene rings is 3. The van der Waals surface area contributed by atoms with Crippen LogP contribution in [0.2, 0.25) is 0 Å². The number of aliphatic hydroxyl groups excluding tert-OH is 1. The van der Waals surface area contributed by atoms with E-state index in [0.29, 0.717) is 24.1 Å². The highest BCUT2D eigenvalue weighted by atomic mass is 19.1. The van der Waals surface area contributed by atoms with Crippen LogP contribution in [0, 0.1) is 11.6 Å². The molecule has 0 saturated carbocycles. The fraction of sp³-hybridized carbons (Fsp3) is 0.333. The maximum atomic E-state index is 13.7. The van der Waals surface area contributed by atoms with Crippen molar-refractivity contribution in [2.75, 3.05) is 18.2 Å². The Kier molecular flexibility index (Phi) is 9.27. The smallest absolute Gasteiger partial charge is 0.363 e. The van der Waals surface area contributed by atoms with Gasteiger partial charge in [0.1, 0.15) is 11.6 Å². The number of hydrogen-bond donors (Lipinski definition) is 3. The van der Waals surface area contributed by atoms with Crippen LogP contribution in [0.1, 0.15) is 53.4 Å². The maximum Gasteiger partial charge on any atom is 0.363 e. The van der Waals surface area contributed by atoms with Gasteiger partial charge in [-0.15, -0.1) is 0 Å². The summed E-state index contributed by atoms with van der Waals surface area (Å²) in [6.45, 7) is 3.93. The number of carbonyl (C=O) groups is 2. The first kappa shape index (κ1) is 28.2. The zero-order valence-electron chi connectivity index (χ0n) is 22.0. The second-order valence-corrected chi connectivity index (χ2v) is 9.70. The number of nitrogens with zero attached hydrogens (tertiary/aromatic N) is 1. The van der Waals surface area contributed by atoms with Crippen LogP contribution in [0.25, 0.3) is 0 Å². The van der Waals surface area contributed by atoms with Gasteiger partial charge in [-0.2, -0.15) is 0 Å². The van der Waals surface area contributed by atoms with Crippen LogP contribution in [-0.2, 0) is 22.5 Å². The third-order valence-corrected chi connectivity index (χ3v) is 6.77. The minimum Gasteiger partial charge on any atom is -0.390 e. The van der Waals surface area contributed by atoms with Gasteiger partial charge in [0.05, 0.1) is 29.9 Å². The van der Waals surface area contributed by atoms with Crippen LogP contribution in [0.3, 0.4) is 0 Å². The van der Waals surface area contributed by atoms with Crippen LogP contribution < -0.4 is 15.7 Å². The van der Waals surface area contributed by atoms with E-state index in [2.05, 4.69) is 23.6 Å². The molecule has 3 N–H and O–H groups in total. The summed E-state index contributed by atoms with van der Waals surface area (Å²) in [5, 5.41) is 18.7. The molecule has 0 aliphatic carbocycles. The molecule has 0 aromatic heterocycles. The van der Waals surface area contributed by atoms with Crippen LogP contribution >= 0.6 is 0 Å². The van der Waals surface area contributed by atoms with Crippen molar-refractivity contribution in [1.82, 2.24) is 10.6 Å². The second kappa shape index (κ2) is 12.8. The molecule has 1 unspecified atom stereocenters. The molecule has 0 saturated heterocycles. The maximum absolute atomic E-state index is 13.7. The Bertz CT molecular complexity index is 1280. The van der Waals surface area contributed by atoms with Crippen molar-refractivity contribution >= 4 is 17.6 Å². The molecule has 1 aliphatic heterocycles. The Morgan fingerprint density at radius 1 is 1.05 bits per heavy atom. The zero-order valence-corrected chi connectivity index (χ0v) is 22.0. The Labute approximate surface area is 226 Å². The van der Waals surface area contributed by atoms with E-state index in [9.17, 15) is 23.5 Å². The van der Waals surface area contributed by atoms with Gasteiger partial charge in [-0.1, -0.05) is 37.3 Å². The Balaban J connectivity index is 1.48. The SMILES string of the molecule is CCc1ccc2c(c1)C(NC[C@@H](O)[C@H](Cc1cc(F)cc(F)c1)NC(C)=O)CCN2OC(=O)c1ccccc1. The molecule has 206 valence electrons. The predicted octanol–water partition coefficient (Wildman–Crippen LogP) is 4.25. The first-order valence-corrected chi connectivity index (χ1v) is 13.0. The molecule has 1 heterocycles. The minimum absolute atomic E-state index is 0.0571. The molecule has 9 heteroatoms. The summed E-state index contributed by atoms with van der Waals surface area (Å²) < 4.78 is 27.4. The summed E-state index contributed by atoms with van der Waals surface area (Å²) in [5.41, 5.74) is 3.58. The highest BCUT2D eigenvalue weighted by molar-refractivity contribution is 5.90. The van der Waals surface area contributed by atoms with Crippen molar-refractivity contribution in [1.29, 1.82) is 0 Å². The number of rotatable bonds is 10. The second-order valence-electron chi connectivity index (χ2n) is 9.70. The summed E-state index contributed by atoms with van der Waals surface area (Å²) in [4.78, 5) is 30.2. The van der Waals surface area contributed by atoms with Crippen molar-refractivity contribution in [3.05, 3.63) is 101 Å². The van der Waals surface area contributed by atoms with Gasteiger partial charge in [0.25, 0.3) is 0 Å². The topological polar surface area (TPSA) is 90.9 Å². The number of hydroxylamine groups is 1. The molecule has 1 amide bonds. The van der Waals surface area contributed by atoms with Gasteiger partial charge < -0.3 is 20.6 Å². The molecular formula is C30H33F2N3O4. The average Bonchev–Trinajstić information content (AvgIpc) is 2.91. The summed E-state index contributed by atoms with van der Waals surface area (Å²) in [6, 6.07) is 17.0. The van der Waals surface area contributed by atoms with E-state index in [0.717, 1.165) is 29.3 Å². The number of aryl methyl sites for hydroxylation is 1. The number of hydrogen-bond acceptors (Lipinski definition) is 6. The molecule has 4 rings (SSSR count). The summed E-state index contributed by atoms with van der Waals surface area (Å²) in [5.74, 6) is -2.25. The van der Waals surface area contributed by atoms with Gasteiger partial charge in [-0.25, -0.2) is 18.6 Å². The van der Waals surface area contributed by atoms with Gasteiger partial charge >= 0.3 is 5.97 Å². The van der Waals surface area contributed by atoms with Gasteiger partial charge in [0, 0.05) is 25.6 Å². The molecule has 7 nitrogen and oxygen atoms in total. The molecule has 3 aromatic carbocycles. The summed E-state index contributed by atoms with van der Waals surface area (Å²) in [7, 11) is 0. The van der Waals surface area contributed by atoms with Crippen molar-refractivity contribution in [3.63, 3.8) is 0 Å². The lowest BCUT2D eigenvalue weighted by molar-refractivity contribution is -0.120. The molecule has 0 fully saturated rings. The van der Waals surface area contributed by atoms with Crippen molar-refractivity contribution in [2.24, 2.45) is 0 Å². The molecule has 39 heavy (non-hydrogen) atoms. The third-order valence-electron chi connectivity index (χ3n) is 6.77. The fourth-order valence-corrected chi connectivity index (χ4v) is 4.82. The normalized spacial score (nSPS) is 16.2. The van der Waals surface area contributed by atoms with E-state index in [4.69, 9.17) is 4.84 Å². The van der Waals surface area contributed by atoms with Crippen LogP contribution in [0.4, 0.5) is 14.5 Å². The molecular weight excluding hydrogens is 504 g/mol. The first-order valence-electron chi connectivity index (χ1n) is 13.0. The predicted molar refractivity (Wildman–Crippen MR) is 144 cm³/mol. The van der Waals surface area contributed by atoms with Crippen LogP contribution in [0.15, 0.2) is 66.7 Å². The quantitative estimate of drug-likeness (QED) is 0.358. The van der Waals surface area contributed by atoms with E-state index >= 15 is 0 Å². The summed E-state index contributed by atoms with van der Waals surface area (Å²) >= 11 is 0. The Morgan fingerprint density at radius 2 is 1.77 bits per heavy atom. The van der Waals surface area contributed by atoms with Crippen molar-refractivity contribution in [2.45, 2.75) is 51.3 Å². The average molecular weight is 538 g/mol. The molecule has 3 atom stereocenters. The number of nitrogens with one attached hydrogen (secondary N) is 2. The van der Waals surface area contributed by atoms with Crippen LogP contribution in [0.5, 0.6) is 0 Å². The molecule has 0 radical (unpaired) electrons. The highest BCUT2D eigenvalue weighted by Crippen LogP contribution is 2.35. The van der Waals surface area contributed by atoms with Crippen molar-refractivity contribution < 1.29 is 28.3 Å². The van der Waals surface area contributed by atoms with E-state index in [1.807, 2.05) is 18.2 Å². The molecule has 3 aromatic rings. The van der Waals surface area contributed by atoms with Gasteiger partial charge in [-0.3, -0.25) is 4.79 Å². The molecule has 0 spiro atoms. The fourth-order valence-electron chi connectivity index (χ4n) is 4.82. The Morgan fingerprint density at radius 3 is 2.44 bits per heavy atom. The standard InChI is InChI=1S/C30H33F2N3O4/c1-3-20-9-10-28-25(15-20)26(11-12-35(28)39-30(38)22-7-5-4-6-8-22)33-18-29(37)27(34-19(2)36)16-21-13-23(31)17-24(32)14-21/h4-10,13-15,17,26-27,29,33,37H,3,11-12,16,18H2,1-2H3,(H,34,36)/t26?,27-,29+/m0/s1. The lowest BCUT2D eigenvalue weighted by Gasteiger charge is -2.35. The zero-order chi connectivity index (χ0) is 27.9. The monoisotopic (exact) mass is 537 g/mol. The van der Waals surface area contributed by atoms with E-state index in [1.165, 1.54) is 19.1 Å². The molecule has 0 bridgehead atoms. The number of anilines is 1. The van der Waals surface area contributed by atoms with Gasteiger partial charge in [-0.05, 0) is 66.3 Å². The highest BCUT2D eigenvalue weighted by Gasteiger charge is 2.30. The minimum atomic E-state index is -1.04. The lowest BCUT2D eigenvalue weighted by atomic mass is 9.94.